The van der Waals surface area contributed by atoms with Gasteiger partial charge in [0.1, 0.15) is 11.2 Å². The normalized spacial score (nSPS) is 13.9. The fourth-order valence-corrected chi connectivity index (χ4v) is 6.84. The number of benzene rings is 6. The van der Waals surface area contributed by atoms with Crippen molar-refractivity contribution in [3.8, 4) is 56.4 Å². The maximum absolute atomic E-state index is 6.56. The first-order valence-electron chi connectivity index (χ1n) is 16.8. The highest BCUT2D eigenvalue weighted by atomic mass is 16.3. The van der Waals surface area contributed by atoms with Crippen molar-refractivity contribution in [2.24, 2.45) is 0 Å². The summed E-state index contributed by atoms with van der Waals surface area (Å²) in [4.78, 5) is 14.9. The standard InChI is InChI=1S/C46H31N3O/c1-30-14-5-2-6-15-31-24-25-34(28-40(31)37-21-12-11-20-36(30)37)35-26-27-38-42(29-35)50-41-23-13-22-39(43(38)41)46-48-44(32-16-7-3-8-17-32)47-45(49-46)33-18-9-4-10-19-33/h2-14,16-29H,1,15H2/b6-2-,14-5-. The van der Waals surface area contributed by atoms with Crippen LogP contribution in [-0.2, 0) is 6.42 Å². The molecule has 9 rings (SSSR count). The van der Waals surface area contributed by atoms with Crippen LogP contribution in [0.5, 0.6) is 0 Å². The van der Waals surface area contributed by atoms with Crippen LogP contribution in [-0.4, -0.2) is 15.0 Å². The van der Waals surface area contributed by atoms with E-state index in [0.717, 1.165) is 67.3 Å². The molecule has 0 bridgehead atoms. The highest BCUT2D eigenvalue weighted by Gasteiger charge is 2.19. The van der Waals surface area contributed by atoms with Crippen molar-refractivity contribution in [3.05, 3.63) is 182 Å². The Morgan fingerprint density at radius 3 is 1.88 bits per heavy atom. The molecule has 0 amide bonds. The van der Waals surface area contributed by atoms with Crippen molar-refractivity contribution >= 4 is 27.5 Å². The summed E-state index contributed by atoms with van der Waals surface area (Å²) in [5.74, 6) is 1.86. The van der Waals surface area contributed by atoms with Crippen molar-refractivity contribution < 1.29 is 4.42 Å². The number of hydrogen-bond acceptors (Lipinski definition) is 4. The Bertz CT molecular complexity index is 2570. The van der Waals surface area contributed by atoms with Gasteiger partial charge in [0.2, 0.25) is 0 Å². The average molecular weight is 642 g/mol. The molecule has 6 aromatic carbocycles. The molecule has 2 heterocycles. The fraction of sp³-hybridized carbons (Fsp3) is 0.0217. The summed E-state index contributed by atoms with van der Waals surface area (Å²) in [5.41, 5.74) is 12.4. The van der Waals surface area contributed by atoms with Gasteiger partial charge in [0.05, 0.1) is 0 Å². The summed E-state index contributed by atoms with van der Waals surface area (Å²) in [7, 11) is 0. The number of aromatic nitrogens is 3. The Balaban J connectivity index is 1.18. The summed E-state index contributed by atoms with van der Waals surface area (Å²) in [6.45, 7) is 4.36. The van der Waals surface area contributed by atoms with E-state index in [2.05, 4.69) is 97.6 Å². The Labute approximate surface area is 290 Å². The molecule has 236 valence electrons. The van der Waals surface area contributed by atoms with Crippen LogP contribution >= 0.6 is 0 Å². The second-order valence-electron chi connectivity index (χ2n) is 12.5. The van der Waals surface area contributed by atoms with E-state index < -0.39 is 0 Å². The lowest BCUT2D eigenvalue weighted by atomic mass is 9.88. The summed E-state index contributed by atoms with van der Waals surface area (Å²) in [5, 5.41) is 2.00. The smallest absolute Gasteiger partial charge is 0.164 e. The number of rotatable bonds is 4. The molecule has 0 unspecified atom stereocenters. The molecule has 8 aromatic rings. The zero-order chi connectivity index (χ0) is 33.4. The van der Waals surface area contributed by atoms with Crippen LogP contribution < -0.4 is 0 Å². The molecular formula is C46H31N3O. The van der Waals surface area contributed by atoms with E-state index in [1.807, 2.05) is 72.8 Å². The molecule has 0 fully saturated rings. The highest BCUT2D eigenvalue weighted by molar-refractivity contribution is 6.12. The topological polar surface area (TPSA) is 51.8 Å². The molecular weight excluding hydrogens is 611 g/mol. The van der Waals surface area contributed by atoms with Gasteiger partial charge in [0, 0.05) is 27.5 Å². The molecule has 1 aliphatic carbocycles. The summed E-state index contributed by atoms with van der Waals surface area (Å²) in [6, 6.07) is 48.0. The van der Waals surface area contributed by atoms with Gasteiger partial charge in [-0.1, -0.05) is 146 Å². The third-order valence-corrected chi connectivity index (χ3v) is 9.33. The van der Waals surface area contributed by atoms with Crippen LogP contribution in [0.4, 0.5) is 0 Å². The second kappa shape index (κ2) is 12.4. The lowest BCUT2D eigenvalue weighted by Crippen LogP contribution is -2.00. The van der Waals surface area contributed by atoms with Crippen molar-refractivity contribution in [2.75, 3.05) is 0 Å². The van der Waals surface area contributed by atoms with Gasteiger partial charge in [0.15, 0.2) is 17.5 Å². The first-order valence-corrected chi connectivity index (χ1v) is 16.8. The van der Waals surface area contributed by atoms with Gasteiger partial charge in [-0.15, -0.1) is 0 Å². The minimum atomic E-state index is 0.604. The number of nitrogens with zero attached hydrogens (tertiary/aromatic N) is 3. The minimum Gasteiger partial charge on any atom is -0.456 e. The van der Waals surface area contributed by atoms with Crippen LogP contribution in [0.15, 0.2) is 175 Å². The van der Waals surface area contributed by atoms with E-state index in [-0.39, 0.29) is 0 Å². The molecule has 50 heavy (non-hydrogen) atoms. The third kappa shape index (κ3) is 5.33. The van der Waals surface area contributed by atoms with Gasteiger partial charge in [0.25, 0.3) is 0 Å². The van der Waals surface area contributed by atoms with Crippen molar-refractivity contribution in [1.29, 1.82) is 0 Å². The zero-order valence-electron chi connectivity index (χ0n) is 27.3. The van der Waals surface area contributed by atoms with E-state index in [4.69, 9.17) is 19.4 Å². The van der Waals surface area contributed by atoms with Crippen LogP contribution in [0, 0.1) is 0 Å². The molecule has 4 heteroatoms. The van der Waals surface area contributed by atoms with Crippen LogP contribution in [0.3, 0.4) is 0 Å². The molecule has 0 saturated carbocycles. The van der Waals surface area contributed by atoms with Gasteiger partial charge < -0.3 is 4.42 Å². The van der Waals surface area contributed by atoms with Gasteiger partial charge >= 0.3 is 0 Å². The maximum Gasteiger partial charge on any atom is 0.164 e. The number of hydrogen-bond donors (Lipinski definition) is 0. The molecule has 4 nitrogen and oxygen atoms in total. The minimum absolute atomic E-state index is 0.604. The Kier molecular flexibility index (Phi) is 7.33. The van der Waals surface area contributed by atoms with Gasteiger partial charge in [-0.2, -0.15) is 0 Å². The molecule has 2 aromatic heterocycles. The fourth-order valence-electron chi connectivity index (χ4n) is 6.84. The van der Waals surface area contributed by atoms with Crippen LogP contribution in [0.1, 0.15) is 11.1 Å². The molecule has 0 spiro atoms. The average Bonchev–Trinajstić information content (AvgIpc) is 3.56. The Hall–Kier alpha value is -6.65. The quantitative estimate of drug-likeness (QED) is 0.192. The van der Waals surface area contributed by atoms with Crippen molar-refractivity contribution in [1.82, 2.24) is 15.0 Å². The van der Waals surface area contributed by atoms with Crippen LogP contribution in [0.25, 0.3) is 83.9 Å². The second-order valence-corrected chi connectivity index (χ2v) is 12.5. The lowest BCUT2D eigenvalue weighted by Gasteiger charge is -2.16. The van der Waals surface area contributed by atoms with Crippen molar-refractivity contribution in [3.63, 3.8) is 0 Å². The summed E-state index contributed by atoms with van der Waals surface area (Å²) < 4.78 is 6.56. The molecule has 0 radical (unpaired) electrons. The molecule has 0 aliphatic heterocycles. The predicted octanol–water partition coefficient (Wildman–Crippen LogP) is 11.8. The van der Waals surface area contributed by atoms with E-state index in [0.29, 0.717) is 17.5 Å². The lowest BCUT2D eigenvalue weighted by molar-refractivity contribution is 0.669. The summed E-state index contributed by atoms with van der Waals surface area (Å²) in [6.07, 6.45) is 9.30. The van der Waals surface area contributed by atoms with Gasteiger partial charge in [-0.05, 0) is 69.6 Å². The molecule has 0 saturated heterocycles. The number of furan rings is 1. The van der Waals surface area contributed by atoms with E-state index in [1.165, 1.54) is 16.7 Å². The summed E-state index contributed by atoms with van der Waals surface area (Å²) >= 11 is 0. The van der Waals surface area contributed by atoms with Gasteiger partial charge in [-0.3, -0.25) is 0 Å². The maximum atomic E-state index is 6.56. The molecule has 0 atom stereocenters. The highest BCUT2D eigenvalue weighted by Crippen LogP contribution is 2.40. The number of allylic oxidation sites excluding steroid dienone is 5. The van der Waals surface area contributed by atoms with E-state index in [9.17, 15) is 0 Å². The first-order chi connectivity index (χ1) is 24.7. The predicted molar refractivity (Wildman–Crippen MR) is 205 cm³/mol. The number of fused-ring (bicyclic) bond motifs is 6. The zero-order valence-corrected chi connectivity index (χ0v) is 27.3. The first kappa shape index (κ1) is 29.5. The molecule has 0 N–H and O–H groups in total. The van der Waals surface area contributed by atoms with Gasteiger partial charge in [-0.25, -0.2) is 15.0 Å². The van der Waals surface area contributed by atoms with E-state index in [1.54, 1.807) is 0 Å². The Morgan fingerprint density at radius 1 is 0.480 bits per heavy atom. The SMILES string of the molecule is C=C1/C=C\C=C/Cc2ccc(-c3ccc4c(c3)oc3cccc(-c5nc(-c6ccccc6)nc(-c6ccccc6)n5)c34)cc2-c2ccccc21. The largest absolute Gasteiger partial charge is 0.456 e. The third-order valence-electron chi connectivity index (χ3n) is 9.33. The monoisotopic (exact) mass is 641 g/mol. The van der Waals surface area contributed by atoms with Crippen molar-refractivity contribution in [2.45, 2.75) is 6.42 Å². The Morgan fingerprint density at radius 2 is 1.12 bits per heavy atom. The van der Waals surface area contributed by atoms with E-state index >= 15 is 0 Å². The molecule has 1 aliphatic rings. The van der Waals surface area contributed by atoms with Crippen LogP contribution in [0.2, 0.25) is 0 Å².